The molecule has 7 heteroatoms. The van der Waals surface area contributed by atoms with E-state index in [0.29, 0.717) is 26.1 Å². The molecule has 1 aromatic carbocycles. The van der Waals surface area contributed by atoms with Crippen molar-refractivity contribution in [1.82, 2.24) is 10.6 Å². The Morgan fingerprint density at radius 2 is 2.08 bits per heavy atom. The summed E-state index contributed by atoms with van der Waals surface area (Å²) in [5, 5.41) is 15.7. The fourth-order valence-corrected chi connectivity index (χ4v) is 3.23. The molecule has 0 radical (unpaired) electrons. The SMILES string of the molecule is Cl.O=C(CN1C(=O)CCCc2ccccc21)NCC1CNCC1O. The number of β-amino-alcohol motifs (C(OH)–C–C–N with tert-alkyl or cyclic N) is 1. The van der Waals surface area contributed by atoms with E-state index in [1.54, 1.807) is 4.90 Å². The molecule has 2 aliphatic heterocycles. The number of fused-ring (bicyclic) bond motifs is 1. The van der Waals surface area contributed by atoms with Gasteiger partial charge in [-0.15, -0.1) is 12.4 Å². The maximum Gasteiger partial charge on any atom is 0.240 e. The number of anilines is 1. The van der Waals surface area contributed by atoms with Gasteiger partial charge in [0.2, 0.25) is 11.8 Å². The van der Waals surface area contributed by atoms with Crippen LogP contribution in [0, 0.1) is 5.92 Å². The van der Waals surface area contributed by atoms with Crippen LogP contribution in [0.2, 0.25) is 0 Å². The Labute approximate surface area is 148 Å². The van der Waals surface area contributed by atoms with Crippen LogP contribution in [0.25, 0.3) is 0 Å². The maximum absolute atomic E-state index is 12.3. The number of nitrogens with zero attached hydrogens (tertiary/aromatic N) is 1. The van der Waals surface area contributed by atoms with Crippen molar-refractivity contribution in [3.05, 3.63) is 29.8 Å². The number of halogens is 1. The highest BCUT2D eigenvalue weighted by Gasteiger charge is 2.27. The molecule has 2 aliphatic rings. The monoisotopic (exact) mass is 353 g/mol. The van der Waals surface area contributed by atoms with Gasteiger partial charge in [-0.25, -0.2) is 0 Å². The van der Waals surface area contributed by atoms with Crippen LogP contribution in [0.5, 0.6) is 0 Å². The van der Waals surface area contributed by atoms with Gasteiger partial charge in [0.1, 0.15) is 6.54 Å². The van der Waals surface area contributed by atoms with Crippen LogP contribution < -0.4 is 15.5 Å². The van der Waals surface area contributed by atoms with Crippen LogP contribution in [0.1, 0.15) is 18.4 Å². The maximum atomic E-state index is 12.3. The normalized spacial score (nSPS) is 23.2. The summed E-state index contributed by atoms with van der Waals surface area (Å²) in [5.41, 5.74) is 1.95. The molecular formula is C17H24ClN3O3. The van der Waals surface area contributed by atoms with Gasteiger partial charge in [0.05, 0.1) is 6.10 Å². The van der Waals surface area contributed by atoms with Crippen molar-refractivity contribution in [1.29, 1.82) is 0 Å². The number of nitrogens with one attached hydrogen (secondary N) is 2. The first-order valence-electron chi connectivity index (χ1n) is 8.19. The van der Waals surface area contributed by atoms with Gasteiger partial charge < -0.3 is 20.6 Å². The van der Waals surface area contributed by atoms with E-state index in [1.807, 2.05) is 24.3 Å². The lowest BCUT2D eigenvalue weighted by Gasteiger charge is -2.23. The molecule has 6 nitrogen and oxygen atoms in total. The van der Waals surface area contributed by atoms with Crippen LogP contribution in [-0.2, 0) is 16.0 Å². The van der Waals surface area contributed by atoms with E-state index in [0.717, 1.165) is 24.1 Å². The molecule has 2 amide bonds. The van der Waals surface area contributed by atoms with Gasteiger partial charge in [-0.1, -0.05) is 18.2 Å². The predicted molar refractivity (Wildman–Crippen MR) is 94.4 cm³/mol. The molecule has 0 bridgehead atoms. The second-order valence-corrected chi connectivity index (χ2v) is 6.25. The molecule has 0 aliphatic carbocycles. The first-order chi connectivity index (χ1) is 11.1. The van der Waals surface area contributed by atoms with Gasteiger partial charge in [0.25, 0.3) is 0 Å². The summed E-state index contributed by atoms with van der Waals surface area (Å²) in [5.74, 6) is -0.159. The van der Waals surface area contributed by atoms with Gasteiger partial charge >= 0.3 is 0 Å². The Balaban J connectivity index is 0.00000208. The number of aliphatic hydroxyl groups excluding tert-OH is 1. The zero-order valence-electron chi connectivity index (χ0n) is 13.5. The molecule has 132 valence electrons. The number of carbonyl (C=O) groups is 2. The van der Waals surface area contributed by atoms with Crippen LogP contribution >= 0.6 is 12.4 Å². The number of aliphatic hydroxyl groups is 1. The van der Waals surface area contributed by atoms with E-state index in [2.05, 4.69) is 10.6 Å². The molecule has 1 aromatic rings. The standard InChI is InChI=1S/C17H23N3O3.ClH/c21-15-10-18-8-13(15)9-19-16(22)11-20-14-6-2-1-4-12(14)5-3-7-17(20)23;/h1-2,4,6,13,15,18,21H,3,5,7-11H2,(H,19,22);1H. The van der Waals surface area contributed by atoms with E-state index >= 15 is 0 Å². The van der Waals surface area contributed by atoms with Crippen LogP contribution in [0.4, 0.5) is 5.69 Å². The smallest absolute Gasteiger partial charge is 0.240 e. The summed E-state index contributed by atoms with van der Waals surface area (Å²) in [7, 11) is 0. The lowest BCUT2D eigenvalue weighted by molar-refractivity contribution is -0.124. The molecule has 1 saturated heterocycles. The second-order valence-electron chi connectivity index (χ2n) is 6.25. The third-order valence-electron chi connectivity index (χ3n) is 4.59. The molecule has 24 heavy (non-hydrogen) atoms. The summed E-state index contributed by atoms with van der Waals surface area (Å²) < 4.78 is 0. The Kier molecular flexibility index (Phi) is 6.60. The molecule has 0 saturated carbocycles. The molecule has 2 atom stereocenters. The molecule has 3 rings (SSSR count). The molecule has 1 fully saturated rings. The first-order valence-corrected chi connectivity index (χ1v) is 8.19. The number of hydrogen-bond acceptors (Lipinski definition) is 4. The summed E-state index contributed by atoms with van der Waals surface area (Å²) in [6.45, 7) is 1.73. The topological polar surface area (TPSA) is 81.7 Å². The van der Waals surface area contributed by atoms with Crippen LogP contribution in [0.15, 0.2) is 24.3 Å². The number of rotatable bonds is 4. The highest BCUT2D eigenvalue weighted by molar-refractivity contribution is 5.99. The molecule has 2 heterocycles. The molecule has 3 N–H and O–H groups in total. The van der Waals surface area contributed by atoms with Crippen molar-refractivity contribution in [2.24, 2.45) is 5.92 Å². The quantitative estimate of drug-likeness (QED) is 0.735. The fraction of sp³-hybridized carbons (Fsp3) is 0.529. The summed E-state index contributed by atoms with van der Waals surface area (Å²) in [6.07, 6.45) is 1.72. The molecule has 0 spiro atoms. The highest BCUT2D eigenvalue weighted by Crippen LogP contribution is 2.26. The Morgan fingerprint density at radius 1 is 1.29 bits per heavy atom. The number of carbonyl (C=O) groups excluding carboxylic acids is 2. The van der Waals surface area contributed by atoms with E-state index in [4.69, 9.17) is 0 Å². The van der Waals surface area contributed by atoms with Gasteiger partial charge in [0.15, 0.2) is 0 Å². The number of amides is 2. The lowest BCUT2D eigenvalue weighted by Crippen LogP contribution is -2.43. The lowest BCUT2D eigenvalue weighted by atomic mass is 10.1. The number of para-hydroxylation sites is 1. The van der Waals surface area contributed by atoms with Crippen molar-refractivity contribution < 1.29 is 14.7 Å². The van der Waals surface area contributed by atoms with E-state index in [-0.39, 0.29) is 36.7 Å². The van der Waals surface area contributed by atoms with Crippen molar-refractivity contribution in [2.75, 3.05) is 31.1 Å². The van der Waals surface area contributed by atoms with E-state index < -0.39 is 6.10 Å². The predicted octanol–water partition coefficient (Wildman–Crippen LogP) is 0.474. The third kappa shape index (κ3) is 4.26. The first kappa shape index (κ1) is 18.7. The van der Waals surface area contributed by atoms with Crippen molar-refractivity contribution in [3.63, 3.8) is 0 Å². The van der Waals surface area contributed by atoms with E-state index in [9.17, 15) is 14.7 Å². The summed E-state index contributed by atoms with van der Waals surface area (Å²) in [6, 6.07) is 7.76. The minimum atomic E-state index is -0.421. The third-order valence-corrected chi connectivity index (χ3v) is 4.59. The Bertz CT molecular complexity index is 596. The number of aryl methyl sites for hydroxylation is 1. The summed E-state index contributed by atoms with van der Waals surface area (Å²) in [4.78, 5) is 26.1. The summed E-state index contributed by atoms with van der Waals surface area (Å²) >= 11 is 0. The van der Waals surface area contributed by atoms with E-state index in [1.165, 1.54) is 0 Å². The number of benzene rings is 1. The molecule has 2 unspecified atom stereocenters. The fourth-order valence-electron chi connectivity index (χ4n) is 3.23. The Morgan fingerprint density at radius 3 is 2.83 bits per heavy atom. The minimum Gasteiger partial charge on any atom is -0.391 e. The zero-order chi connectivity index (χ0) is 16.2. The average molecular weight is 354 g/mol. The Hall–Kier alpha value is -1.63. The van der Waals surface area contributed by atoms with Gasteiger partial charge in [-0.3, -0.25) is 9.59 Å². The van der Waals surface area contributed by atoms with Crippen LogP contribution in [-0.4, -0.2) is 49.2 Å². The van der Waals surface area contributed by atoms with Crippen molar-refractivity contribution >= 4 is 29.9 Å². The average Bonchev–Trinajstić information content (AvgIpc) is 2.89. The molecular weight excluding hydrogens is 330 g/mol. The molecule has 0 aromatic heterocycles. The minimum absolute atomic E-state index is 0. The van der Waals surface area contributed by atoms with Crippen molar-refractivity contribution in [2.45, 2.75) is 25.4 Å². The largest absolute Gasteiger partial charge is 0.391 e. The zero-order valence-corrected chi connectivity index (χ0v) is 14.3. The van der Waals surface area contributed by atoms with Gasteiger partial charge in [-0.05, 0) is 24.5 Å². The van der Waals surface area contributed by atoms with Gasteiger partial charge in [0, 0.05) is 37.7 Å². The number of hydrogen-bond donors (Lipinski definition) is 3. The highest BCUT2D eigenvalue weighted by atomic mass is 35.5. The second kappa shape index (κ2) is 8.46. The van der Waals surface area contributed by atoms with Crippen LogP contribution in [0.3, 0.4) is 0 Å². The van der Waals surface area contributed by atoms with Gasteiger partial charge in [-0.2, -0.15) is 0 Å². The van der Waals surface area contributed by atoms with Crippen molar-refractivity contribution in [3.8, 4) is 0 Å².